The van der Waals surface area contributed by atoms with E-state index in [1.165, 1.54) is 0 Å². The highest BCUT2D eigenvalue weighted by atomic mass is 35.5. The molecule has 2 aromatic heterocycles. The van der Waals surface area contributed by atoms with Crippen LogP contribution in [0.1, 0.15) is 17.1 Å². The number of amides is 1. The minimum Gasteiger partial charge on any atom is -0.457 e. The molecule has 31 heavy (non-hydrogen) atoms. The largest absolute Gasteiger partial charge is 0.457 e. The molecule has 4 aromatic rings. The van der Waals surface area contributed by atoms with E-state index < -0.39 is 0 Å². The second kappa shape index (κ2) is 9.59. The lowest BCUT2D eigenvalue weighted by Gasteiger charge is -2.06. The first-order valence-electron chi connectivity index (χ1n) is 9.43. The van der Waals surface area contributed by atoms with Gasteiger partial charge in [0.05, 0.1) is 15.6 Å². The van der Waals surface area contributed by atoms with Crippen molar-refractivity contribution in [2.24, 2.45) is 0 Å². The van der Waals surface area contributed by atoms with Gasteiger partial charge in [-0.05, 0) is 47.5 Å². The number of hydrogen-bond donors (Lipinski definition) is 2. The third-order valence-electron chi connectivity index (χ3n) is 4.50. The van der Waals surface area contributed by atoms with Gasteiger partial charge in [-0.1, -0.05) is 59.6 Å². The zero-order chi connectivity index (χ0) is 21.6. The van der Waals surface area contributed by atoms with Crippen LogP contribution in [-0.2, 0) is 11.2 Å². The van der Waals surface area contributed by atoms with E-state index in [2.05, 4.69) is 25.9 Å². The third kappa shape index (κ3) is 5.02. The molecule has 0 saturated heterocycles. The van der Waals surface area contributed by atoms with E-state index in [1.807, 2.05) is 30.3 Å². The standard InChI is InChI=1S/C22H17Cl2N5O2/c23-18-8-4-7-16(20(18)24)19-10-9-15(31-19)13-17(21-26-28-29-27-21)22(30)25-12-11-14-5-2-1-3-6-14/h1-10,13H,11-12H2,(H,25,30)(H,26,27,28,29)/b17-13+. The van der Waals surface area contributed by atoms with Gasteiger partial charge in [0.15, 0.2) is 0 Å². The Balaban J connectivity index is 1.55. The third-order valence-corrected chi connectivity index (χ3v) is 5.32. The fourth-order valence-electron chi connectivity index (χ4n) is 2.98. The van der Waals surface area contributed by atoms with Crippen molar-refractivity contribution in [3.05, 3.63) is 87.9 Å². The molecule has 0 aliphatic rings. The van der Waals surface area contributed by atoms with Gasteiger partial charge >= 0.3 is 0 Å². The topological polar surface area (TPSA) is 96.7 Å². The first kappa shape index (κ1) is 20.8. The summed E-state index contributed by atoms with van der Waals surface area (Å²) in [6.45, 7) is 0.458. The zero-order valence-electron chi connectivity index (χ0n) is 16.2. The van der Waals surface area contributed by atoms with E-state index in [-0.39, 0.29) is 17.3 Å². The van der Waals surface area contributed by atoms with Gasteiger partial charge in [-0.3, -0.25) is 4.79 Å². The number of hydrogen-bond acceptors (Lipinski definition) is 5. The fourth-order valence-corrected chi connectivity index (χ4v) is 3.37. The second-order valence-electron chi connectivity index (χ2n) is 6.59. The van der Waals surface area contributed by atoms with Crippen molar-refractivity contribution in [3.63, 3.8) is 0 Å². The molecule has 0 saturated carbocycles. The predicted molar refractivity (Wildman–Crippen MR) is 119 cm³/mol. The molecule has 4 rings (SSSR count). The predicted octanol–water partition coefficient (Wildman–Crippen LogP) is 4.67. The number of nitrogens with zero attached hydrogens (tertiary/aromatic N) is 3. The lowest BCUT2D eigenvalue weighted by atomic mass is 10.1. The van der Waals surface area contributed by atoms with E-state index in [0.29, 0.717) is 40.1 Å². The molecule has 0 spiro atoms. The van der Waals surface area contributed by atoms with Crippen molar-refractivity contribution < 1.29 is 9.21 Å². The number of benzene rings is 2. The number of aromatic amines is 1. The Morgan fingerprint density at radius 2 is 1.90 bits per heavy atom. The first-order chi connectivity index (χ1) is 15.1. The van der Waals surface area contributed by atoms with Gasteiger partial charge in [0.1, 0.15) is 11.5 Å². The molecule has 2 heterocycles. The maximum atomic E-state index is 12.8. The van der Waals surface area contributed by atoms with Crippen LogP contribution in [0.5, 0.6) is 0 Å². The number of carbonyl (C=O) groups excluding carboxylic acids is 1. The Hall–Kier alpha value is -3.42. The van der Waals surface area contributed by atoms with Crippen molar-refractivity contribution in [2.45, 2.75) is 6.42 Å². The number of aromatic nitrogens is 4. The lowest BCUT2D eigenvalue weighted by molar-refractivity contribution is -0.115. The zero-order valence-corrected chi connectivity index (χ0v) is 17.7. The maximum absolute atomic E-state index is 12.8. The van der Waals surface area contributed by atoms with Crippen molar-refractivity contribution >= 4 is 40.8 Å². The van der Waals surface area contributed by atoms with Crippen LogP contribution >= 0.6 is 23.2 Å². The summed E-state index contributed by atoms with van der Waals surface area (Å²) in [7, 11) is 0. The molecule has 0 aliphatic carbocycles. The SMILES string of the molecule is O=C(NCCc1ccccc1)/C(=C/c1ccc(-c2cccc(Cl)c2Cl)o1)c1nn[nH]n1. The molecule has 156 valence electrons. The summed E-state index contributed by atoms with van der Waals surface area (Å²) in [5.41, 5.74) is 2.00. The summed E-state index contributed by atoms with van der Waals surface area (Å²) in [6.07, 6.45) is 2.26. The average Bonchev–Trinajstić information content (AvgIpc) is 3.47. The van der Waals surface area contributed by atoms with Gasteiger partial charge in [-0.15, -0.1) is 10.2 Å². The number of rotatable bonds is 7. The molecule has 0 atom stereocenters. The summed E-state index contributed by atoms with van der Waals surface area (Å²) in [4.78, 5) is 12.8. The number of H-pyrrole nitrogens is 1. The van der Waals surface area contributed by atoms with Crippen LogP contribution in [0, 0.1) is 0 Å². The Kier molecular flexibility index (Phi) is 6.45. The monoisotopic (exact) mass is 453 g/mol. The van der Waals surface area contributed by atoms with Gasteiger partial charge in [-0.25, -0.2) is 0 Å². The van der Waals surface area contributed by atoms with Crippen molar-refractivity contribution in [1.29, 1.82) is 0 Å². The summed E-state index contributed by atoms with van der Waals surface area (Å²) in [6, 6.07) is 18.7. The molecule has 2 aromatic carbocycles. The van der Waals surface area contributed by atoms with E-state index >= 15 is 0 Å². The van der Waals surface area contributed by atoms with E-state index in [0.717, 1.165) is 5.56 Å². The van der Waals surface area contributed by atoms with E-state index in [4.69, 9.17) is 27.6 Å². The molecule has 0 unspecified atom stereocenters. The van der Waals surface area contributed by atoms with Gasteiger partial charge in [0.25, 0.3) is 5.91 Å². The van der Waals surface area contributed by atoms with Crippen LogP contribution in [0.3, 0.4) is 0 Å². The van der Waals surface area contributed by atoms with E-state index in [1.54, 1.807) is 36.4 Å². The minimum atomic E-state index is -0.337. The summed E-state index contributed by atoms with van der Waals surface area (Å²) < 4.78 is 5.87. The molecule has 0 fully saturated rings. The summed E-state index contributed by atoms with van der Waals surface area (Å²) in [5, 5.41) is 17.5. The molecular weight excluding hydrogens is 437 g/mol. The summed E-state index contributed by atoms with van der Waals surface area (Å²) in [5.74, 6) is 0.784. The molecule has 9 heteroatoms. The van der Waals surface area contributed by atoms with E-state index in [9.17, 15) is 4.79 Å². The number of tetrazole rings is 1. The van der Waals surface area contributed by atoms with Gasteiger partial charge in [-0.2, -0.15) is 5.21 Å². The Bertz CT molecular complexity index is 1200. The van der Waals surface area contributed by atoms with Crippen molar-refractivity contribution in [2.75, 3.05) is 6.54 Å². The number of halogens is 2. The Morgan fingerprint density at radius 1 is 1.06 bits per heavy atom. The van der Waals surface area contributed by atoms with Crippen LogP contribution in [0.2, 0.25) is 10.0 Å². The average molecular weight is 454 g/mol. The molecule has 1 amide bonds. The smallest absolute Gasteiger partial charge is 0.255 e. The minimum absolute atomic E-state index is 0.163. The molecule has 7 nitrogen and oxygen atoms in total. The summed E-state index contributed by atoms with van der Waals surface area (Å²) >= 11 is 12.4. The first-order valence-corrected chi connectivity index (χ1v) is 10.2. The normalized spacial score (nSPS) is 11.5. The fraction of sp³-hybridized carbons (Fsp3) is 0.0909. The highest BCUT2D eigenvalue weighted by Gasteiger charge is 2.18. The van der Waals surface area contributed by atoms with Gasteiger partial charge in [0.2, 0.25) is 5.82 Å². The molecule has 0 bridgehead atoms. The molecule has 0 aliphatic heterocycles. The van der Waals surface area contributed by atoms with Crippen molar-refractivity contribution in [1.82, 2.24) is 25.9 Å². The van der Waals surface area contributed by atoms with Crippen LogP contribution in [-0.4, -0.2) is 33.1 Å². The highest BCUT2D eigenvalue weighted by molar-refractivity contribution is 6.43. The lowest BCUT2D eigenvalue weighted by Crippen LogP contribution is -2.27. The van der Waals surface area contributed by atoms with Gasteiger partial charge in [0, 0.05) is 12.1 Å². The molecular formula is C22H17Cl2N5O2. The Morgan fingerprint density at radius 3 is 2.68 bits per heavy atom. The number of nitrogens with one attached hydrogen (secondary N) is 2. The van der Waals surface area contributed by atoms with Crippen LogP contribution < -0.4 is 5.32 Å². The van der Waals surface area contributed by atoms with Crippen molar-refractivity contribution in [3.8, 4) is 11.3 Å². The van der Waals surface area contributed by atoms with Gasteiger partial charge < -0.3 is 9.73 Å². The van der Waals surface area contributed by atoms with Crippen LogP contribution in [0.25, 0.3) is 23.0 Å². The molecule has 0 radical (unpaired) electrons. The quantitative estimate of drug-likeness (QED) is 0.396. The second-order valence-corrected chi connectivity index (χ2v) is 7.37. The number of furan rings is 1. The van der Waals surface area contributed by atoms with Crippen LogP contribution in [0.4, 0.5) is 0 Å². The number of carbonyl (C=O) groups is 1. The maximum Gasteiger partial charge on any atom is 0.255 e. The van der Waals surface area contributed by atoms with Crippen LogP contribution in [0.15, 0.2) is 65.1 Å². The molecule has 2 N–H and O–H groups in total. The Labute approximate surface area is 188 Å². The highest BCUT2D eigenvalue weighted by Crippen LogP contribution is 2.34.